The lowest BCUT2D eigenvalue weighted by atomic mass is 10.0. The minimum Gasteiger partial charge on any atom is -0.466 e. The normalized spacial score (nSPS) is 18.1. The third-order valence-electron chi connectivity index (χ3n) is 17.0. The van der Waals surface area contributed by atoms with Crippen molar-refractivity contribution in [2.24, 2.45) is 30.7 Å². The summed E-state index contributed by atoms with van der Waals surface area (Å²) in [6, 6.07) is 15.7. The van der Waals surface area contributed by atoms with Gasteiger partial charge in [0.1, 0.15) is 22.5 Å². The number of likely N-dealkylation sites (tertiary alicyclic amines) is 2. The van der Waals surface area contributed by atoms with Gasteiger partial charge in [-0.15, -0.1) is 13.2 Å². The summed E-state index contributed by atoms with van der Waals surface area (Å²) in [4.78, 5) is 92.0. The number of rotatable bonds is 21. The number of alkyl halides is 6. The standard InChI is InChI=1S/C66H68F6N16O8/c1-9-52(89)76-48-18-50(78-63-74-21-44(61(91)94-34(3)4)54(80-63)43-20-73-47-17-12-11-15-41(43)47)59(93-33-65(67,68)69)82-57(48)88-30-39-26-86(27-40(39)31-88)25-36-14-13-16-42-46(32-85(8)56(36)42)55-45(62(92)95-35(5)6)22-75-64(81-55)79-51-19-49(77-53(90)10-2)58(83-60(51)96-66(70,71)72)87-28-37-23-84(7)24-38(37)29-87/h9-22,32,34-35,37-40,73H,1-2,23-31,33H2,3-8H3,(H,76,89)(H,77,90)(H,74,78,80)(H,75,79,81)/t37-,38+,39-,40+. The number of aryl methyl sites for hydroxylation is 1. The van der Waals surface area contributed by atoms with Gasteiger partial charge in [0.2, 0.25) is 35.5 Å². The number of anilines is 8. The van der Waals surface area contributed by atoms with Crippen LogP contribution in [0.25, 0.3) is 44.3 Å². The molecular formula is C66H68F6N16O8. The monoisotopic (exact) mass is 1330 g/mol. The molecule has 12 rings (SSSR count). The van der Waals surface area contributed by atoms with Gasteiger partial charge in [-0.05, 0) is 94.3 Å². The predicted molar refractivity (Wildman–Crippen MR) is 346 cm³/mol. The van der Waals surface area contributed by atoms with Crippen LogP contribution in [0.2, 0.25) is 0 Å². The number of carbonyl (C=O) groups excluding carboxylic acids is 4. The predicted octanol–water partition coefficient (Wildman–Crippen LogP) is 10.6. The van der Waals surface area contributed by atoms with E-state index in [2.05, 4.69) is 73.9 Å². The number of nitrogens with one attached hydrogen (secondary N) is 5. The Morgan fingerprint density at radius 2 is 1.16 bits per heavy atom. The highest BCUT2D eigenvalue weighted by Gasteiger charge is 2.44. The number of ether oxygens (including phenoxy) is 4. The Hall–Kier alpha value is -10.4. The van der Waals surface area contributed by atoms with Gasteiger partial charge in [0.05, 0.1) is 40.5 Å². The van der Waals surface area contributed by atoms with E-state index < -0.39 is 66.9 Å². The molecule has 2 amide bonds. The summed E-state index contributed by atoms with van der Waals surface area (Å²) >= 11 is 0. The molecule has 0 saturated carbocycles. The van der Waals surface area contributed by atoms with Gasteiger partial charge in [-0.1, -0.05) is 49.6 Å². The van der Waals surface area contributed by atoms with Gasteiger partial charge in [0, 0.05) is 118 Å². The summed E-state index contributed by atoms with van der Waals surface area (Å²) < 4.78 is 108. The molecule has 0 radical (unpaired) electrons. The van der Waals surface area contributed by atoms with Crippen LogP contribution in [0, 0.1) is 23.7 Å². The molecule has 4 aliphatic heterocycles. The minimum atomic E-state index is -5.19. The molecule has 0 spiro atoms. The van der Waals surface area contributed by atoms with E-state index in [4.69, 9.17) is 24.2 Å². The summed E-state index contributed by atoms with van der Waals surface area (Å²) in [7, 11) is 3.84. The van der Waals surface area contributed by atoms with Crippen LogP contribution < -0.4 is 40.5 Å². The number of halogens is 6. The topological polar surface area (TPSA) is 264 Å². The maximum atomic E-state index is 14.3. The summed E-state index contributed by atoms with van der Waals surface area (Å²) in [5, 5.41) is 12.6. The van der Waals surface area contributed by atoms with Crippen LogP contribution in [0.1, 0.15) is 54.0 Å². The third-order valence-corrected chi connectivity index (χ3v) is 17.0. The molecule has 4 atom stereocenters. The molecule has 0 aliphatic carbocycles. The second-order valence-corrected chi connectivity index (χ2v) is 24.8. The van der Waals surface area contributed by atoms with Gasteiger partial charge in [-0.25, -0.2) is 29.5 Å². The summed E-state index contributed by atoms with van der Waals surface area (Å²) in [5.74, 6) is -3.79. The van der Waals surface area contributed by atoms with Crippen molar-refractivity contribution in [3.63, 3.8) is 0 Å². The molecule has 4 saturated heterocycles. The zero-order valence-electron chi connectivity index (χ0n) is 53.1. The van der Waals surface area contributed by atoms with Crippen LogP contribution in [0.5, 0.6) is 11.8 Å². The Labute approximate surface area is 546 Å². The number of amides is 2. The molecule has 10 heterocycles. The lowest BCUT2D eigenvalue weighted by Gasteiger charge is -2.26. The van der Waals surface area contributed by atoms with Gasteiger partial charge < -0.3 is 64.5 Å². The molecule has 96 heavy (non-hydrogen) atoms. The molecule has 24 nitrogen and oxygen atoms in total. The number of hydrogen-bond donors (Lipinski definition) is 5. The number of benzene rings is 2. The zero-order chi connectivity index (χ0) is 68.1. The first-order valence-corrected chi connectivity index (χ1v) is 30.9. The average molecular weight is 1330 g/mol. The molecular weight excluding hydrogens is 1260 g/mol. The Morgan fingerprint density at radius 3 is 1.69 bits per heavy atom. The number of nitrogens with zero attached hydrogens (tertiary/aromatic N) is 11. The van der Waals surface area contributed by atoms with Crippen molar-refractivity contribution in [1.29, 1.82) is 0 Å². The number of esters is 2. The van der Waals surface area contributed by atoms with E-state index in [0.717, 1.165) is 41.8 Å². The number of carbonyl (C=O) groups is 4. The fraction of sp³-hybridized carbons (Fsp3) is 0.364. The van der Waals surface area contributed by atoms with Crippen LogP contribution in [-0.2, 0) is 32.7 Å². The summed E-state index contributed by atoms with van der Waals surface area (Å²) in [6.45, 7) is 17.0. The Morgan fingerprint density at radius 1 is 0.646 bits per heavy atom. The van der Waals surface area contributed by atoms with E-state index in [0.29, 0.717) is 67.7 Å². The van der Waals surface area contributed by atoms with Crippen molar-refractivity contribution in [3.05, 3.63) is 121 Å². The number of para-hydroxylation sites is 2. The van der Waals surface area contributed by atoms with Gasteiger partial charge in [-0.3, -0.25) is 14.5 Å². The first-order valence-electron chi connectivity index (χ1n) is 30.9. The number of fused-ring (bicyclic) bond motifs is 4. The van der Waals surface area contributed by atoms with Crippen molar-refractivity contribution in [1.82, 2.24) is 49.3 Å². The maximum Gasteiger partial charge on any atom is 0.574 e. The summed E-state index contributed by atoms with van der Waals surface area (Å²) in [5.41, 5.74) is 3.34. The number of H-pyrrole nitrogens is 1. The van der Waals surface area contributed by atoms with E-state index in [1.165, 1.54) is 24.5 Å². The quantitative estimate of drug-likeness (QED) is 0.0254. The van der Waals surface area contributed by atoms with Crippen molar-refractivity contribution in [2.45, 2.75) is 59.0 Å². The highest BCUT2D eigenvalue weighted by Crippen LogP contribution is 2.45. The van der Waals surface area contributed by atoms with Crippen LogP contribution in [-0.4, -0.2) is 164 Å². The molecule has 5 N–H and O–H groups in total. The zero-order valence-corrected chi connectivity index (χ0v) is 53.1. The average Bonchev–Trinajstić information content (AvgIpc) is 1.54. The third kappa shape index (κ3) is 14.2. The second-order valence-electron chi connectivity index (χ2n) is 24.8. The highest BCUT2D eigenvalue weighted by molar-refractivity contribution is 6.06. The van der Waals surface area contributed by atoms with Crippen molar-refractivity contribution < 1.29 is 64.5 Å². The lowest BCUT2D eigenvalue weighted by molar-refractivity contribution is -0.275. The van der Waals surface area contributed by atoms with Crippen LogP contribution in [0.4, 0.5) is 72.6 Å². The molecule has 8 aromatic rings. The molecule has 502 valence electrons. The smallest absolute Gasteiger partial charge is 0.466 e. The fourth-order valence-electron chi connectivity index (χ4n) is 13.2. The number of pyridine rings is 2. The maximum absolute atomic E-state index is 14.3. The Bertz CT molecular complexity index is 4340. The van der Waals surface area contributed by atoms with Crippen LogP contribution in [0.15, 0.2) is 105 Å². The SMILES string of the molecule is C=CC(=O)Nc1cc(Nc2ncc(C(=O)OC(C)C)c(-c3c[nH]c4ccccc34)n2)c(OCC(F)(F)F)nc1N1C[C@H]2CN(Cc3cccc4c(-c5nc(Nc6cc(NC(=O)C=C)c(N7C[C@H]8CN(C)C[C@H]8C7)nc6OC(F)(F)F)ncc5C(=O)OC(C)C)cn(C)c34)C[C@H]2C1. The second kappa shape index (κ2) is 26.4. The molecule has 0 bridgehead atoms. The largest absolute Gasteiger partial charge is 0.574 e. The van der Waals surface area contributed by atoms with Gasteiger partial charge >= 0.3 is 24.5 Å². The molecule has 30 heteroatoms. The molecule has 2 aromatic carbocycles. The van der Waals surface area contributed by atoms with Gasteiger partial charge in [0.15, 0.2) is 18.2 Å². The molecule has 0 unspecified atom stereocenters. The van der Waals surface area contributed by atoms with E-state index in [1.54, 1.807) is 40.1 Å². The van der Waals surface area contributed by atoms with Gasteiger partial charge in [-0.2, -0.15) is 23.1 Å². The fourth-order valence-corrected chi connectivity index (χ4v) is 13.2. The lowest BCUT2D eigenvalue weighted by Crippen LogP contribution is -2.30. The van der Waals surface area contributed by atoms with Crippen molar-refractivity contribution in [3.8, 4) is 34.3 Å². The first kappa shape index (κ1) is 65.7. The minimum absolute atomic E-state index is 0.0129. The van der Waals surface area contributed by atoms with Crippen LogP contribution >= 0.6 is 0 Å². The van der Waals surface area contributed by atoms with E-state index in [-0.39, 0.29) is 92.5 Å². The van der Waals surface area contributed by atoms with Crippen molar-refractivity contribution in [2.75, 3.05) is 97.1 Å². The van der Waals surface area contributed by atoms with Crippen molar-refractivity contribution >= 4 is 91.8 Å². The highest BCUT2D eigenvalue weighted by atomic mass is 19.4. The molecule has 4 aliphatic rings. The summed E-state index contributed by atoms with van der Waals surface area (Å²) in [6.07, 6.45) is -3.03. The Kier molecular flexibility index (Phi) is 18.1. The van der Waals surface area contributed by atoms with E-state index in [1.807, 2.05) is 70.9 Å². The molecule has 4 fully saturated rings. The van der Waals surface area contributed by atoms with Crippen LogP contribution in [0.3, 0.4) is 0 Å². The molecule has 6 aromatic heterocycles. The number of aromatic amines is 1. The Balaban J connectivity index is 0.821. The number of aromatic nitrogens is 8. The van der Waals surface area contributed by atoms with E-state index in [9.17, 15) is 45.5 Å². The number of hydrogen-bond acceptors (Lipinski definition) is 20. The van der Waals surface area contributed by atoms with E-state index >= 15 is 0 Å². The van der Waals surface area contributed by atoms with Gasteiger partial charge in [0.25, 0.3) is 0 Å². The first-order chi connectivity index (χ1) is 45.7.